The fraction of sp³-hybridized carbons (Fsp3) is 0.474. The Labute approximate surface area is 152 Å². The molecule has 3 heterocycles. The van der Waals surface area contributed by atoms with Crippen LogP contribution in [-0.4, -0.2) is 46.0 Å². The summed E-state index contributed by atoms with van der Waals surface area (Å²) in [6.07, 6.45) is 3.59. The number of nitrogens with zero attached hydrogens (tertiary/aromatic N) is 3. The van der Waals surface area contributed by atoms with Crippen molar-refractivity contribution in [1.82, 2.24) is 14.7 Å². The lowest BCUT2D eigenvalue weighted by Gasteiger charge is -2.22. The summed E-state index contributed by atoms with van der Waals surface area (Å²) in [7, 11) is 0. The molecule has 0 N–H and O–H groups in total. The molecule has 2 aliphatic heterocycles. The lowest BCUT2D eigenvalue weighted by atomic mass is 10.0. The van der Waals surface area contributed by atoms with Crippen LogP contribution < -0.4 is 4.74 Å². The van der Waals surface area contributed by atoms with E-state index in [-0.39, 0.29) is 5.91 Å². The van der Waals surface area contributed by atoms with E-state index in [0.717, 1.165) is 38.2 Å². The number of aryl methyl sites for hydroxylation is 2. The number of rotatable bonds is 2. The van der Waals surface area contributed by atoms with Gasteiger partial charge < -0.3 is 9.64 Å². The van der Waals surface area contributed by atoms with Crippen molar-refractivity contribution >= 4 is 17.7 Å². The van der Waals surface area contributed by atoms with Crippen molar-refractivity contribution in [2.75, 3.05) is 25.4 Å². The van der Waals surface area contributed by atoms with Crippen molar-refractivity contribution in [2.45, 2.75) is 31.6 Å². The second-order valence-electron chi connectivity index (χ2n) is 6.59. The molecule has 0 aliphatic carbocycles. The molecule has 4 rings (SSSR count). The summed E-state index contributed by atoms with van der Waals surface area (Å²) in [4.78, 5) is 14.9. The van der Waals surface area contributed by atoms with Gasteiger partial charge in [0.25, 0.3) is 5.91 Å². The first-order valence-electron chi connectivity index (χ1n) is 8.89. The molecule has 0 radical (unpaired) electrons. The highest BCUT2D eigenvalue weighted by molar-refractivity contribution is 7.99. The summed E-state index contributed by atoms with van der Waals surface area (Å²) < 4.78 is 7.50. The zero-order chi connectivity index (χ0) is 17.2. The first-order valence-corrected chi connectivity index (χ1v) is 9.94. The monoisotopic (exact) mass is 357 g/mol. The SMILES string of the molecule is Cc1ccccc1C1CCN(C(=O)c2cnn3c2OCCC3)CCS1. The van der Waals surface area contributed by atoms with Crippen LogP contribution >= 0.6 is 11.8 Å². The van der Waals surface area contributed by atoms with Crippen LogP contribution in [0, 0.1) is 6.92 Å². The Hall–Kier alpha value is -1.95. The smallest absolute Gasteiger partial charge is 0.261 e. The number of carbonyl (C=O) groups is 1. The fourth-order valence-electron chi connectivity index (χ4n) is 3.56. The zero-order valence-corrected chi connectivity index (χ0v) is 15.3. The van der Waals surface area contributed by atoms with Crippen LogP contribution in [0.4, 0.5) is 0 Å². The molecule has 1 amide bonds. The second kappa shape index (κ2) is 7.12. The number of thioether (sulfide) groups is 1. The molecule has 2 aromatic rings. The van der Waals surface area contributed by atoms with Gasteiger partial charge in [-0.05, 0) is 24.5 Å². The lowest BCUT2D eigenvalue weighted by molar-refractivity contribution is 0.0759. The van der Waals surface area contributed by atoms with Gasteiger partial charge in [0, 0.05) is 37.1 Å². The summed E-state index contributed by atoms with van der Waals surface area (Å²) in [5.41, 5.74) is 3.34. The highest BCUT2D eigenvalue weighted by Gasteiger charge is 2.28. The van der Waals surface area contributed by atoms with E-state index in [9.17, 15) is 4.79 Å². The van der Waals surface area contributed by atoms with E-state index in [1.807, 2.05) is 16.7 Å². The zero-order valence-electron chi connectivity index (χ0n) is 14.5. The molecule has 1 unspecified atom stereocenters. The molecule has 132 valence electrons. The molecule has 6 heteroatoms. The average Bonchev–Trinajstić information content (AvgIpc) is 2.91. The lowest BCUT2D eigenvalue weighted by Crippen LogP contribution is -2.33. The van der Waals surface area contributed by atoms with Crippen LogP contribution in [0.2, 0.25) is 0 Å². The molecule has 1 aromatic heterocycles. The normalized spacial score (nSPS) is 20.5. The number of ether oxygens (including phenoxy) is 1. The molecule has 2 aliphatic rings. The third kappa shape index (κ3) is 3.27. The number of hydrogen-bond acceptors (Lipinski definition) is 4. The van der Waals surface area contributed by atoms with Crippen LogP contribution in [-0.2, 0) is 6.54 Å². The molecule has 5 nitrogen and oxygen atoms in total. The van der Waals surface area contributed by atoms with E-state index >= 15 is 0 Å². The molecule has 1 fully saturated rings. The van der Waals surface area contributed by atoms with Gasteiger partial charge in [-0.15, -0.1) is 0 Å². The van der Waals surface area contributed by atoms with Crippen molar-refractivity contribution in [2.24, 2.45) is 0 Å². The largest absolute Gasteiger partial charge is 0.477 e. The molecule has 0 bridgehead atoms. The number of fused-ring (bicyclic) bond motifs is 1. The molecule has 1 saturated heterocycles. The molecular weight excluding hydrogens is 334 g/mol. The molecule has 1 aromatic carbocycles. The first-order chi connectivity index (χ1) is 12.2. The first kappa shape index (κ1) is 16.5. The third-order valence-electron chi connectivity index (χ3n) is 4.94. The number of aromatic nitrogens is 2. The van der Waals surface area contributed by atoms with Gasteiger partial charge in [0.2, 0.25) is 5.88 Å². The van der Waals surface area contributed by atoms with Crippen molar-refractivity contribution in [1.29, 1.82) is 0 Å². The average molecular weight is 357 g/mol. The van der Waals surface area contributed by atoms with E-state index in [1.54, 1.807) is 10.9 Å². The van der Waals surface area contributed by atoms with Crippen LogP contribution in [0.3, 0.4) is 0 Å². The van der Waals surface area contributed by atoms with Gasteiger partial charge in [0.1, 0.15) is 5.56 Å². The van der Waals surface area contributed by atoms with Gasteiger partial charge in [0.05, 0.1) is 12.8 Å². The summed E-state index contributed by atoms with van der Waals surface area (Å²) in [6.45, 7) is 5.21. The van der Waals surface area contributed by atoms with Crippen LogP contribution in [0.25, 0.3) is 0 Å². The second-order valence-corrected chi connectivity index (χ2v) is 7.90. The van der Waals surface area contributed by atoms with Crippen molar-refractivity contribution in [3.63, 3.8) is 0 Å². The summed E-state index contributed by atoms with van der Waals surface area (Å²) >= 11 is 1.95. The van der Waals surface area contributed by atoms with E-state index in [0.29, 0.717) is 23.3 Å². The van der Waals surface area contributed by atoms with E-state index in [4.69, 9.17) is 4.74 Å². The van der Waals surface area contributed by atoms with E-state index < -0.39 is 0 Å². The molecular formula is C19H23N3O2S. The minimum atomic E-state index is 0.0502. The third-order valence-corrected chi connectivity index (χ3v) is 6.25. The molecule has 0 spiro atoms. The maximum Gasteiger partial charge on any atom is 0.261 e. The van der Waals surface area contributed by atoms with Crippen LogP contribution in [0.1, 0.15) is 39.6 Å². The number of carbonyl (C=O) groups excluding carboxylic acids is 1. The Morgan fingerprint density at radius 3 is 3.04 bits per heavy atom. The summed E-state index contributed by atoms with van der Waals surface area (Å²) in [5, 5.41) is 4.76. The van der Waals surface area contributed by atoms with Crippen molar-refractivity contribution < 1.29 is 9.53 Å². The molecule has 0 saturated carbocycles. The summed E-state index contributed by atoms with van der Waals surface area (Å²) in [5.74, 6) is 1.65. The maximum atomic E-state index is 13.0. The highest BCUT2D eigenvalue weighted by Crippen LogP contribution is 2.36. The highest BCUT2D eigenvalue weighted by atomic mass is 32.2. The predicted octanol–water partition coefficient (Wildman–Crippen LogP) is 3.29. The van der Waals surface area contributed by atoms with Crippen molar-refractivity contribution in [3.8, 4) is 5.88 Å². The quantitative estimate of drug-likeness (QED) is 0.827. The Balaban J connectivity index is 1.48. The standard InChI is InChI=1S/C19H23N3O2S/c1-14-5-2-3-6-15(14)17-7-9-21(10-12-25-17)18(23)16-13-20-22-8-4-11-24-19(16)22/h2-3,5-6,13,17H,4,7-12H2,1H3. The van der Waals surface area contributed by atoms with Crippen LogP contribution in [0.15, 0.2) is 30.5 Å². The Morgan fingerprint density at radius 2 is 2.16 bits per heavy atom. The summed E-state index contributed by atoms with van der Waals surface area (Å²) in [6, 6.07) is 8.57. The van der Waals surface area contributed by atoms with Gasteiger partial charge in [0.15, 0.2) is 0 Å². The predicted molar refractivity (Wildman–Crippen MR) is 99.2 cm³/mol. The fourth-order valence-corrected chi connectivity index (χ4v) is 4.88. The Bertz CT molecular complexity index is 774. The minimum absolute atomic E-state index is 0.0502. The van der Waals surface area contributed by atoms with E-state index in [1.165, 1.54) is 11.1 Å². The topological polar surface area (TPSA) is 47.4 Å². The van der Waals surface area contributed by atoms with Gasteiger partial charge in [-0.25, -0.2) is 4.68 Å². The number of amides is 1. The number of hydrogen-bond donors (Lipinski definition) is 0. The Kier molecular flexibility index (Phi) is 4.70. The van der Waals surface area contributed by atoms with Gasteiger partial charge >= 0.3 is 0 Å². The molecule has 1 atom stereocenters. The number of benzene rings is 1. The van der Waals surface area contributed by atoms with Crippen molar-refractivity contribution in [3.05, 3.63) is 47.2 Å². The Morgan fingerprint density at radius 1 is 1.28 bits per heavy atom. The van der Waals surface area contributed by atoms with Gasteiger partial charge in [-0.3, -0.25) is 4.79 Å². The van der Waals surface area contributed by atoms with Gasteiger partial charge in [-0.2, -0.15) is 16.9 Å². The van der Waals surface area contributed by atoms with E-state index in [2.05, 4.69) is 36.3 Å². The maximum absolute atomic E-state index is 13.0. The minimum Gasteiger partial charge on any atom is -0.477 e. The molecule has 25 heavy (non-hydrogen) atoms. The van der Waals surface area contributed by atoms with Gasteiger partial charge in [-0.1, -0.05) is 24.3 Å². The van der Waals surface area contributed by atoms with Crippen LogP contribution in [0.5, 0.6) is 5.88 Å².